The average Bonchev–Trinajstić information content (AvgIpc) is 2.70. The molecule has 0 bridgehead atoms. The lowest BCUT2D eigenvalue weighted by Gasteiger charge is -1.97. The Labute approximate surface area is 128 Å². The summed E-state index contributed by atoms with van der Waals surface area (Å²) in [5.41, 5.74) is 2.44. The van der Waals surface area contributed by atoms with E-state index in [0.717, 1.165) is 37.2 Å². The number of alkyl halides is 1. The molecule has 1 unspecified atom stereocenters. The molecule has 0 spiro atoms. The molecule has 0 fully saturated rings. The van der Waals surface area contributed by atoms with Crippen molar-refractivity contribution in [2.45, 2.75) is 51.8 Å². The van der Waals surface area contributed by atoms with Crippen LogP contribution in [0.15, 0.2) is 29.2 Å². The van der Waals surface area contributed by atoms with Crippen molar-refractivity contribution in [3.8, 4) is 0 Å². The second kappa shape index (κ2) is 8.86. The first-order chi connectivity index (χ1) is 9.60. The van der Waals surface area contributed by atoms with Crippen LogP contribution in [0.5, 0.6) is 0 Å². The molecule has 0 saturated carbocycles. The molecule has 0 aliphatic rings. The number of hydrogen-bond donors (Lipinski definition) is 0. The Morgan fingerprint density at radius 2 is 1.95 bits per heavy atom. The molecule has 0 aromatic carbocycles. The summed E-state index contributed by atoms with van der Waals surface area (Å²) in [6.45, 7) is 10.1. The van der Waals surface area contributed by atoms with Gasteiger partial charge in [0.15, 0.2) is 0 Å². The first-order valence-corrected chi connectivity index (χ1v) is 7.74. The zero-order chi connectivity index (χ0) is 15.0. The molecule has 1 aromatic rings. The maximum Gasteiger partial charge on any atom is 0.131 e. The van der Waals surface area contributed by atoms with Crippen LogP contribution in [-0.4, -0.2) is 5.38 Å². The molecule has 1 rings (SSSR count). The van der Waals surface area contributed by atoms with Crippen LogP contribution >= 0.6 is 11.6 Å². The first-order valence-electron chi connectivity index (χ1n) is 7.30. The molecular weight excluding hydrogens is 268 g/mol. The van der Waals surface area contributed by atoms with Crippen LogP contribution in [0, 0.1) is 6.92 Å². The van der Waals surface area contributed by atoms with E-state index >= 15 is 0 Å². The molecule has 110 valence electrons. The fourth-order valence-electron chi connectivity index (χ4n) is 2.02. The van der Waals surface area contributed by atoms with Gasteiger partial charge in [-0.1, -0.05) is 25.2 Å². The van der Waals surface area contributed by atoms with Crippen molar-refractivity contribution in [3.63, 3.8) is 0 Å². The van der Waals surface area contributed by atoms with Gasteiger partial charge in [-0.25, -0.2) is 0 Å². The molecule has 2 heteroatoms. The molecule has 1 atom stereocenters. The third-order valence-corrected chi connectivity index (χ3v) is 3.41. The van der Waals surface area contributed by atoms with Crippen LogP contribution in [0.2, 0.25) is 0 Å². The summed E-state index contributed by atoms with van der Waals surface area (Å²) in [5, 5.41) is 0.219. The molecule has 0 saturated heterocycles. The largest absolute Gasteiger partial charge is 0.457 e. The van der Waals surface area contributed by atoms with E-state index in [9.17, 15) is 0 Å². The lowest BCUT2D eigenvalue weighted by molar-refractivity contribution is 0.542. The summed E-state index contributed by atoms with van der Waals surface area (Å²) < 4.78 is 5.95. The standard InChI is InChI=1S/C18H25ClO/c1-5-7-12-18-16(10-6-2)15(4)17(20-18)13-9-8-11-14(3)19/h6-7,9,12-14H,2,5,8,10-11H2,1,3-4H3/b12-7-,13-9-. The van der Waals surface area contributed by atoms with E-state index in [1.807, 2.05) is 13.0 Å². The summed E-state index contributed by atoms with van der Waals surface area (Å²) >= 11 is 5.94. The van der Waals surface area contributed by atoms with Crippen molar-refractivity contribution in [1.29, 1.82) is 0 Å². The third-order valence-electron chi connectivity index (χ3n) is 3.19. The van der Waals surface area contributed by atoms with E-state index in [4.69, 9.17) is 16.0 Å². The zero-order valence-electron chi connectivity index (χ0n) is 12.8. The second-order valence-electron chi connectivity index (χ2n) is 5.00. The smallest absolute Gasteiger partial charge is 0.131 e. The molecule has 0 amide bonds. The number of allylic oxidation sites excluding steroid dienone is 3. The average molecular weight is 293 g/mol. The Hall–Kier alpha value is -1.21. The summed E-state index contributed by atoms with van der Waals surface area (Å²) in [7, 11) is 0. The summed E-state index contributed by atoms with van der Waals surface area (Å²) in [4.78, 5) is 0. The van der Waals surface area contributed by atoms with E-state index in [2.05, 4.69) is 44.7 Å². The number of hydrogen-bond acceptors (Lipinski definition) is 1. The Bertz CT molecular complexity index is 478. The molecule has 0 radical (unpaired) electrons. The van der Waals surface area contributed by atoms with Crippen molar-refractivity contribution in [3.05, 3.63) is 47.5 Å². The second-order valence-corrected chi connectivity index (χ2v) is 5.74. The van der Waals surface area contributed by atoms with E-state index in [0.29, 0.717) is 0 Å². The van der Waals surface area contributed by atoms with Gasteiger partial charge in [-0.15, -0.1) is 18.2 Å². The van der Waals surface area contributed by atoms with Crippen LogP contribution in [0.25, 0.3) is 12.2 Å². The summed E-state index contributed by atoms with van der Waals surface area (Å²) in [6, 6.07) is 0. The van der Waals surface area contributed by atoms with E-state index in [-0.39, 0.29) is 5.38 Å². The number of halogens is 1. The minimum atomic E-state index is 0.219. The summed E-state index contributed by atoms with van der Waals surface area (Å²) in [5.74, 6) is 1.90. The van der Waals surface area contributed by atoms with Gasteiger partial charge >= 0.3 is 0 Å². The van der Waals surface area contributed by atoms with Gasteiger partial charge in [0.2, 0.25) is 0 Å². The van der Waals surface area contributed by atoms with Crippen LogP contribution in [0.1, 0.15) is 55.8 Å². The van der Waals surface area contributed by atoms with Crippen LogP contribution < -0.4 is 0 Å². The number of furan rings is 1. The van der Waals surface area contributed by atoms with Gasteiger partial charge in [-0.05, 0) is 57.2 Å². The predicted octanol–water partition coefficient (Wildman–Crippen LogP) is 6.16. The van der Waals surface area contributed by atoms with Gasteiger partial charge in [-0.3, -0.25) is 0 Å². The Morgan fingerprint density at radius 1 is 1.25 bits per heavy atom. The van der Waals surface area contributed by atoms with Crippen molar-refractivity contribution in [2.75, 3.05) is 0 Å². The van der Waals surface area contributed by atoms with Crippen molar-refractivity contribution < 1.29 is 4.42 Å². The van der Waals surface area contributed by atoms with Crippen LogP contribution in [-0.2, 0) is 6.42 Å². The molecule has 1 aromatic heterocycles. The van der Waals surface area contributed by atoms with Gasteiger partial charge in [-0.2, -0.15) is 0 Å². The molecule has 0 N–H and O–H groups in total. The fraction of sp³-hybridized carbons (Fsp3) is 0.444. The molecule has 0 aliphatic heterocycles. The minimum Gasteiger partial charge on any atom is -0.457 e. The van der Waals surface area contributed by atoms with Gasteiger partial charge < -0.3 is 4.42 Å². The van der Waals surface area contributed by atoms with E-state index in [1.54, 1.807) is 0 Å². The van der Waals surface area contributed by atoms with Gasteiger partial charge in [0.05, 0.1) is 0 Å². The van der Waals surface area contributed by atoms with Crippen molar-refractivity contribution >= 4 is 23.8 Å². The monoisotopic (exact) mass is 292 g/mol. The highest BCUT2D eigenvalue weighted by molar-refractivity contribution is 6.20. The van der Waals surface area contributed by atoms with Crippen LogP contribution in [0.4, 0.5) is 0 Å². The molecule has 1 nitrogen and oxygen atoms in total. The highest BCUT2D eigenvalue weighted by Gasteiger charge is 2.12. The van der Waals surface area contributed by atoms with Gasteiger partial charge in [0.1, 0.15) is 11.5 Å². The number of rotatable bonds is 8. The van der Waals surface area contributed by atoms with Gasteiger partial charge in [0, 0.05) is 10.9 Å². The Morgan fingerprint density at radius 3 is 2.55 bits per heavy atom. The minimum absolute atomic E-state index is 0.219. The molecule has 1 heterocycles. The highest BCUT2D eigenvalue weighted by Crippen LogP contribution is 2.26. The Kier molecular flexibility index (Phi) is 7.46. The molecular formula is C18H25ClO. The van der Waals surface area contributed by atoms with E-state index < -0.39 is 0 Å². The van der Waals surface area contributed by atoms with Crippen LogP contribution in [0.3, 0.4) is 0 Å². The lowest BCUT2D eigenvalue weighted by Crippen LogP contribution is -1.87. The topological polar surface area (TPSA) is 13.1 Å². The van der Waals surface area contributed by atoms with Crippen molar-refractivity contribution in [2.24, 2.45) is 0 Å². The van der Waals surface area contributed by atoms with Gasteiger partial charge in [0.25, 0.3) is 0 Å². The lowest BCUT2D eigenvalue weighted by atomic mass is 10.1. The first kappa shape index (κ1) is 16.8. The SMILES string of the molecule is C=CCc1c(/C=C\CC)oc(/C=C\CCC(C)Cl)c1C. The van der Waals surface area contributed by atoms with Crippen molar-refractivity contribution in [1.82, 2.24) is 0 Å². The molecule has 0 aliphatic carbocycles. The summed E-state index contributed by atoms with van der Waals surface area (Å²) in [6.07, 6.45) is 14.1. The van der Waals surface area contributed by atoms with E-state index in [1.165, 1.54) is 11.1 Å². The zero-order valence-corrected chi connectivity index (χ0v) is 13.5. The third kappa shape index (κ3) is 5.05. The quantitative estimate of drug-likeness (QED) is 0.413. The maximum absolute atomic E-state index is 5.95. The Balaban J connectivity index is 2.91. The predicted molar refractivity (Wildman–Crippen MR) is 90.3 cm³/mol. The fourth-order valence-corrected chi connectivity index (χ4v) is 2.15. The highest BCUT2D eigenvalue weighted by atomic mass is 35.5. The maximum atomic E-state index is 5.95. The molecule has 20 heavy (non-hydrogen) atoms. The normalized spacial score (nSPS) is 13.4.